The standard InChI is InChI=1S/C25H24ClN7O2/c1-2-22(34)33-10-7-16(8-11-33)19-13-27-24-23(19)25(29-15-28-24)31-17-5-6-21(20(26)12-17)35-14-18-4-3-9-30-32-18/h2-6,9,12-13,15-16H,1,7-8,10-11,14H2,(H2,27,28,29,31). The first-order chi connectivity index (χ1) is 17.1. The molecule has 1 aliphatic heterocycles. The van der Waals surface area contributed by atoms with Gasteiger partial charge in [0.05, 0.1) is 10.4 Å². The lowest BCUT2D eigenvalue weighted by Crippen LogP contribution is -2.36. The van der Waals surface area contributed by atoms with Crippen molar-refractivity contribution < 1.29 is 9.53 Å². The molecule has 178 valence electrons. The van der Waals surface area contributed by atoms with Gasteiger partial charge in [-0.25, -0.2) is 9.97 Å². The van der Waals surface area contributed by atoms with E-state index in [2.05, 4.69) is 37.0 Å². The number of hydrogen-bond acceptors (Lipinski definition) is 7. The van der Waals surface area contributed by atoms with Crippen molar-refractivity contribution in [1.82, 2.24) is 30.0 Å². The van der Waals surface area contributed by atoms with Gasteiger partial charge in [-0.3, -0.25) is 4.79 Å². The molecule has 10 heteroatoms. The Bertz CT molecular complexity index is 1350. The SMILES string of the molecule is C=CC(=O)N1CCC(c2c[nH]c3ncnc(Nc4ccc(OCc5cccnn5)c(Cl)c4)c23)CC1. The third-order valence-electron chi connectivity index (χ3n) is 6.12. The number of likely N-dealkylation sites (tertiary alicyclic amines) is 1. The number of hydrogen-bond donors (Lipinski definition) is 2. The predicted molar refractivity (Wildman–Crippen MR) is 134 cm³/mol. The van der Waals surface area contributed by atoms with Crippen LogP contribution in [0.2, 0.25) is 5.02 Å². The van der Waals surface area contributed by atoms with Gasteiger partial charge in [-0.2, -0.15) is 10.2 Å². The number of nitrogens with zero attached hydrogens (tertiary/aromatic N) is 5. The summed E-state index contributed by atoms with van der Waals surface area (Å²) in [5.41, 5.74) is 3.40. The van der Waals surface area contributed by atoms with Gasteiger partial charge in [-0.05, 0) is 60.7 Å². The second kappa shape index (κ2) is 10.1. The summed E-state index contributed by atoms with van der Waals surface area (Å²) in [6, 6.07) is 9.14. The zero-order chi connectivity index (χ0) is 24.2. The Labute approximate surface area is 207 Å². The van der Waals surface area contributed by atoms with Crippen molar-refractivity contribution >= 4 is 40.0 Å². The molecule has 0 aliphatic carbocycles. The van der Waals surface area contributed by atoms with Crippen LogP contribution in [0.1, 0.15) is 30.0 Å². The minimum atomic E-state index is -0.0194. The van der Waals surface area contributed by atoms with E-state index >= 15 is 0 Å². The summed E-state index contributed by atoms with van der Waals surface area (Å²) >= 11 is 6.48. The molecule has 0 bridgehead atoms. The molecule has 3 aromatic heterocycles. The largest absolute Gasteiger partial charge is 0.486 e. The number of H-pyrrole nitrogens is 1. The Balaban J connectivity index is 1.33. The molecule has 1 fully saturated rings. The maximum absolute atomic E-state index is 11.9. The van der Waals surface area contributed by atoms with Crippen LogP contribution in [-0.2, 0) is 11.4 Å². The number of rotatable bonds is 7. The van der Waals surface area contributed by atoms with Crippen molar-refractivity contribution in [1.29, 1.82) is 0 Å². The molecule has 2 N–H and O–H groups in total. The number of anilines is 2. The number of piperidine rings is 1. The molecule has 0 unspecified atom stereocenters. The van der Waals surface area contributed by atoms with Crippen molar-refractivity contribution in [2.45, 2.75) is 25.4 Å². The van der Waals surface area contributed by atoms with Crippen molar-refractivity contribution in [2.75, 3.05) is 18.4 Å². The van der Waals surface area contributed by atoms with Crippen LogP contribution in [0.15, 0.2) is 61.7 Å². The monoisotopic (exact) mass is 489 g/mol. The lowest BCUT2D eigenvalue weighted by molar-refractivity contribution is -0.127. The summed E-state index contributed by atoms with van der Waals surface area (Å²) in [6.45, 7) is 5.26. The van der Waals surface area contributed by atoms with Gasteiger partial charge in [0.25, 0.3) is 0 Å². The number of aromatic nitrogens is 5. The molecule has 0 radical (unpaired) electrons. The number of carbonyl (C=O) groups is 1. The molecule has 0 spiro atoms. The topological polar surface area (TPSA) is 109 Å². The van der Waals surface area contributed by atoms with Crippen LogP contribution in [0.4, 0.5) is 11.5 Å². The first kappa shape index (κ1) is 22.8. The summed E-state index contributed by atoms with van der Waals surface area (Å²) in [5, 5.41) is 12.7. The summed E-state index contributed by atoms with van der Waals surface area (Å²) in [4.78, 5) is 25.9. The van der Waals surface area contributed by atoms with Gasteiger partial charge in [0.1, 0.15) is 35.8 Å². The van der Waals surface area contributed by atoms with E-state index in [-0.39, 0.29) is 12.5 Å². The summed E-state index contributed by atoms with van der Waals surface area (Å²) in [6.07, 6.45) is 8.24. The van der Waals surface area contributed by atoms with Crippen molar-refractivity contribution in [3.05, 3.63) is 78.0 Å². The van der Waals surface area contributed by atoms with E-state index in [1.165, 1.54) is 12.4 Å². The molecule has 9 nitrogen and oxygen atoms in total. The normalized spacial score (nSPS) is 14.1. The number of halogens is 1. The van der Waals surface area contributed by atoms with Crippen LogP contribution in [-0.4, -0.2) is 49.0 Å². The van der Waals surface area contributed by atoms with E-state index in [4.69, 9.17) is 16.3 Å². The molecular weight excluding hydrogens is 466 g/mol. The molecule has 0 atom stereocenters. The van der Waals surface area contributed by atoms with E-state index < -0.39 is 0 Å². The molecule has 4 heterocycles. The van der Waals surface area contributed by atoms with Crippen molar-refractivity contribution in [3.8, 4) is 5.75 Å². The molecule has 1 amide bonds. The highest BCUT2D eigenvalue weighted by molar-refractivity contribution is 6.32. The minimum Gasteiger partial charge on any atom is -0.486 e. The van der Waals surface area contributed by atoms with E-state index in [1.807, 2.05) is 35.4 Å². The van der Waals surface area contributed by atoms with Gasteiger partial charge < -0.3 is 19.9 Å². The van der Waals surface area contributed by atoms with Crippen LogP contribution in [0.3, 0.4) is 0 Å². The molecule has 1 aromatic carbocycles. The Hall–Kier alpha value is -3.98. The molecule has 4 aromatic rings. The minimum absolute atomic E-state index is 0.0194. The van der Waals surface area contributed by atoms with Gasteiger partial charge in [-0.1, -0.05) is 18.2 Å². The zero-order valence-corrected chi connectivity index (χ0v) is 19.7. The van der Waals surface area contributed by atoms with Crippen LogP contribution in [0.5, 0.6) is 5.75 Å². The quantitative estimate of drug-likeness (QED) is 0.365. The Morgan fingerprint density at radius 3 is 2.89 bits per heavy atom. The lowest BCUT2D eigenvalue weighted by atomic mass is 9.89. The maximum Gasteiger partial charge on any atom is 0.245 e. The highest BCUT2D eigenvalue weighted by Crippen LogP contribution is 2.37. The molecule has 0 saturated carbocycles. The number of amides is 1. The first-order valence-corrected chi connectivity index (χ1v) is 11.7. The third kappa shape index (κ3) is 4.95. The molecule has 1 saturated heterocycles. The van der Waals surface area contributed by atoms with Gasteiger partial charge in [0.2, 0.25) is 5.91 Å². The smallest absolute Gasteiger partial charge is 0.245 e. The lowest BCUT2D eigenvalue weighted by Gasteiger charge is -2.31. The highest BCUT2D eigenvalue weighted by Gasteiger charge is 2.26. The maximum atomic E-state index is 11.9. The summed E-state index contributed by atoms with van der Waals surface area (Å²) in [7, 11) is 0. The van der Waals surface area contributed by atoms with Crippen molar-refractivity contribution in [2.24, 2.45) is 0 Å². The second-order valence-corrected chi connectivity index (χ2v) is 8.67. The van der Waals surface area contributed by atoms with Gasteiger partial charge >= 0.3 is 0 Å². The number of benzene rings is 1. The van der Waals surface area contributed by atoms with Gasteiger partial charge in [-0.15, -0.1) is 0 Å². The number of carbonyl (C=O) groups excluding carboxylic acids is 1. The number of ether oxygens (including phenoxy) is 1. The fourth-order valence-electron chi connectivity index (χ4n) is 4.34. The van der Waals surface area contributed by atoms with E-state index in [1.54, 1.807) is 12.3 Å². The van der Waals surface area contributed by atoms with Gasteiger partial charge in [0, 0.05) is 31.2 Å². The van der Waals surface area contributed by atoms with Crippen LogP contribution >= 0.6 is 11.6 Å². The molecular formula is C25H24ClN7O2. The summed E-state index contributed by atoms with van der Waals surface area (Å²) < 4.78 is 5.79. The Morgan fingerprint density at radius 1 is 1.29 bits per heavy atom. The van der Waals surface area contributed by atoms with Gasteiger partial charge in [0.15, 0.2) is 0 Å². The fraction of sp³-hybridized carbons (Fsp3) is 0.240. The van der Waals surface area contributed by atoms with E-state index in [0.29, 0.717) is 41.3 Å². The van der Waals surface area contributed by atoms with Crippen molar-refractivity contribution in [3.63, 3.8) is 0 Å². The van der Waals surface area contributed by atoms with Crippen LogP contribution in [0.25, 0.3) is 11.0 Å². The predicted octanol–water partition coefficient (Wildman–Crippen LogP) is 4.62. The average molecular weight is 490 g/mol. The number of fused-ring (bicyclic) bond motifs is 1. The number of nitrogens with one attached hydrogen (secondary N) is 2. The van der Waals surface area contributed by atoms with Crippen LogP contribution < -0.4 is 10.1 Å². The van der Waals surface area contributed by atoms with E-state index in [9.17, 15) is 4.79 Å². The fourth-order valence-corrected chi connectivity index (χ4v) is 4.57. The van der Waals surface area contributed by atoms with E-state index in [0.717, 1.165) is 35.1 Å². The first-order valence-electron chi connectivity index (χ1n) is 11.3. The third-order valence-corrected chi connectivity index (χ3v) is 6.41. The Kier molecular flexibility index (Phi) is 6.58. The molecule has 1 aliphatic rings. The summed E-state index contributed by atoms with van der Waals surface area (Å²) in [5.74, 6) is 1.53. The average Bonchev–Trinajstić information content (AvgIpc) is 3.34. The Morgan fingerprint density at radius 2 is 2.14 bits per heavy atom. The highest BCUT2D eigenvalue weighted by atomic mass is 35.5. The molecule has 5 rings (SSSR count). The second-order valence-electron chi connectivity index (χ2n) is 8.27. The molecule has 35 heavy (non-hydrogen) atoms. The number of aromatic amines is 1. The van der Waals surface area contributed by atoms with Crippen LogP contribution in [0, 0.1) is 0 Å². The zero-order valence-electron chi connectivity index (χ0n) is 18.9.